The van der Waals surface area contributed by atoms with Crippen LogP contribution in [0.25, 0.3) is 11.3 Å². The number of nitrogens with zero attached hydrogens (tertiary/aromatic N) is 8. The van der Waals surface area contributed by atoms with Gasteiger partial charge in [0.15, 0.2) is 17.8 Å². The van der Waals surface area contributed by atoms with Gasteiger partial charge in [0.25, 0.3) is 12.3 Å². The highest BCUT2D eigenvalue weighted by molar-refractivity contribution is 6.76. The number of aromatic nitrogens is 6. The second-order valence-corrected chi connectivity index (χ2v) is 19.6. The third kappa shape index (κ3) is 7.32. The Morgan fingerprint density at radius 2 is 1.96 bits per heavy atom. The van der Waals surface area contributed by atoms with Gasteiger partial charge in [-0.1, -0.05) is 37.3 Å². The molecular weight excluding hydrogens is 693 g/mol. The fourth-order valence-electron chi connectivity index (χ4n) is 5.66. The molecule has 0 spiro atoms. The molecule has 0 N–H and O–H groups in total. The van der Waals surface area contributed by atoms with E-state index < -0.39 is 53.8 Å². The van der Waals surface area contributed by atoms with E-state index >= 15 is 4.39 Å². The summed E-state index contributed by atoms with van der Waals surface area (Å²) in [6, 6.07) is 2.76. The highest BCUT2D eigenvalue weighted by atomic mass is 35.5. The van der Waals surface area contributed by atoms with E-state index in [9.17, 15) is 23.2 Å². The number of fused-ring (bicyclic) bond motifs is 1. The largest absolute Gasteiger partial charge is 0.361 e. The van der Waals surface area contributed by atoms with Crippen LogP contribution in [0.15, 0.2) is 36.9 Å². The number of amides is 2. The molecule has 4 heterocycles. The molecule has 3 aromatic heterocycles. The second-order valence-electron chi connectivity index (χ2n) is 13.5. The molecule has 0 unspecified atom stereocenters. The smallest absolute Gasteiger partial charge is 0.281 e. The molecule has 262 valence electrons. The molecule has 2 fully saturated rings. The number of aryl methyl sites for hydroxylation is 1. The number of hydrogen-bond donors (Lipinski definition) is 0. The number of hydrogen-bond acceptors (Lipinski definition) is 9. The van der Waals surface area contributed by atoms with Crippen molar-refractivity contribution >= 4 is 49.4 Å². The van der Waals surface area contributed by atoms with E-state index in [1.54, 1.807) is 22.0 Å². The maximum absolute atomic E-state index is 15.1. The van der Waals surface area contributed by atoms with Gasteiger partial charge in [-0.3, -0.25) is 28.9 Å². The van der Waals surface area contributed by atoms with Crippen molar-refractivity contribution in [2.45, 2.75) is 52.0 Å². The first-order chi connectivity index (χ1) is 23.8. The summed E-state index contributed by atoms with van der Waals surface area (Å²) >= 11 is 5.91. The molecule has 50 heavy (non-hydrogen) atoms. The summed E-state index contributed by atoms with van der Waals surface area (Å²) in [6.45, 7) is 9.25. The Balaban J connectivity index is 1.30. The molecule has 1 aliphatic carbocycles. The van der Waals surface area contributed by atoms with Gasteiger partial charge in [0.05, 0.1) is 35.3 Å². The first-order valence-corrected chi connectivity index (χ1v) is 20.0. The first-order valence-electron chi connectivity index (χ1n) is 15.9. The number of halogens is 4. The highest BCUT2D eigenvalue weighted by Crippen LogP contribution is 2.46. The van der Waals surface area contributed by atoms with Crippen LogP contribution in [0.2, 0.25) is 30.7 Å². The minimum absolute atomic E-state index is 0.0517. The molecule has 2 atom stereocenters. The van der Waals surface area contributed by atoms with E-state index in [1.807, 2.05) is 6.92 Å². The van der Waals surface area contributed by atoms with Crippen molar-refractivity contribution in [2.75, 3.05) is 29.7 Å². The van der Waals surface area contributed by atoms with Gasteiger partial charge in [0.1, 0.15) is 12.4 Å². The summed E-state index contributed by atoms with van der Waals surface area (Å²) < 4.78 is 50.4. The van der Waals surface area contributed by atoms with Crippen molar-refractivity contribution < 1.29 is 32.3 Å². The highest BCUT2D eigenvalue weighted by Gasteiger charge is 2.53. The van der Waals surface area contributed by atoms with Gasteiger partial charge in [0.2, 0.25) is 11.9 Å². The zero-order valence-corrected chi connectivity index (χ0v) is 29.5. The van der Waals surface area contributed by atoms with Crippen LogP contribution in [0, 0.1) is 24.6 Å². The SMILES string of the molecule is Cc1nc(N2C[C@H]3C[C@H]3C2=O)ncc1Cn1cc(N(COCC[Si](C)(C)C)C(=O)c2nc(-c3c(C(F)F)ccc(Cl)c3F)cnc2C=O)cn1. The third-order valence-corrected chi connectivity index (χ3v) is 10.7. The Morgan fingerprint density at radius 1 is 1.18 bits per heavy atom. The number of benzene rings is 1. The number of ether oxygens (including phenoxy) is 1. The molecule has 12 nitrogen and oxygen atoms in total. The molecule has 1 aliphatic heterocycles. The molecule has 1 saturated carbocycles. The second kappa shape index (κ2) is 14.0. The Labute approximate surface area is 291 Å². The minimum Gasteiger partial charge on any atom is -0.361 e. The average Bonchev–Trinajstić information content (AvgIpc) is 3.58. The number of piperidine rings is 1. The number of rotatable bonds is 13. The minimum atomic E-state index is -3.09. The van der Waals surface area contributed by atoms with E-state index in [0.717, 1.165) is 36.4 Å². The number of aldehydes is 1. The van der Waals surface area contributed by atoms with Crippen LogP contribution in [0.3, 0.4) is 0 Å². The van der Waals surface area contributed by atoms with Crippen molar-refractivity contribution in [3.63, 3.8) is 0 Å². The van der Waals surface area contributed by atoms with Gasteiger partial charge < -0.3 is 4.74 Å². The van der Waals surface area contributed by atoms with E-state index in [1.165, 1.54) is 11.1 Å². The van der Waals surface area contributed by atoms with Crippen molar-refractivity contribution in [1.29, 1.82) is 0 Å². The number of carbonyl (C=O) groups is 3. The van der Waals surface area contributed by atoms with Crippen LogP contribution >= 0.6 is 11.6 Å². The van der Waals surface area contributed by atoms with E-state index in [0.29, 0.717) is 37.0 Å². The van der Waals surface area contributed by atoms with Gasteiger partial charge in [-0.15, -0.1) is 0 Å². The summed E-state index contributed by atoms with van der Waals surface area (Å²) in [6.07, 6.45) is 3.70. The molecule has 17 heteroatoms. The maximum atomic E-state index is 15.1. The first kappa shape index (κ1) is 35.3. The molecule has 1 aromatic carbocycles. The topological polar surface area (TPSA) is 136 Å². The van der Waals surface area contributed by atoms with Gasteiger partial charge >= 0.3 is 0 Å². The van der Waals surface area contributed by atoms with E-state index in [4.69, 9.17) is 16.3 Å². The van der Waals surface area contributed by atoms with E-state index in [-0.39, 0.29) is 36.5 Å². The Bertz CT molecular complexity index is 1970. The molecule has 1 saturated heterocycles. The summed E-state index contributed by atoms with van der Waals surface area (Å²) in [5, 5.41) is 3.97. The zero-order valence-electron chi connectivity index (χ0n) is 27.7. The molecule has 0 radical (unpaired) electrons. The molecule has 2 aliphatic rings. The van der Waals surface area contributed by atoms with Crippen LogP contribution < -0.4 is 9.80 Å². The van der Waals surface area contributed by atoms with Crippen molar-refractivity contribution in [3.8, 4) is 11.3 Å². The van der Waals surface area contributed by atoms with Crippen LogP contribution in [-0.4, -0.2) is 75.8 Å². The maximum Gasteiger partial charge on any atom is 0.281 e. The Morgan fingerprint density at radius 3 is 2.62 bits per heavy atom. The molecule has 6 rings (SSSR count). The predicted octanol–water partition coefficient (Wildman–Crippen LogP) is 5.97. The van der Waals surface area contributed by atoms with Crippen LogP contribution in [0.5, 0.6) is 0 Å². The van der Waals surface area contributed by atoms with Gasteiger partial charge in [-0.2, -0.15) is 5.10 Å². The van der Waals surface area contributed by atoms with Crippen molar-refractivity contribution in [1.82, 2.24) is 29.7 Å². The number of anilines is 2. The quantitative estimate of drug-likeness (QED) is 0.0707. The third-order valence-electron chi connectivity index (χ3n) is 8.69. The lowest BCUT2D eigenvalue weighted by Crippen LogP contribution is -2.35. The van der Waals surface area contributed by atoms with E-state index in [2.05, 4.69) is 44.7 Å². The number of alkyl halides is 2. The lowest BCUT2D eigenvalue weighted by molar-refractivity contribution is -0.118. The molecule has 2 amide bonds. The lowest BCUT2D eigenvalue weighted by atomic mass is 10.0. The van der Waals surface area contributed by atoms with Gasteiger partial charge in [0, 0.05) is 61.9 Å². The summed E-state index contributed by atoms with van der Waals surface area (Å²) in [7, 11) is -1.50. The van der Waals surface area contributed by atoms with Crippen molar-refractivity contribution in [2.24, 2.45) is 11.8 Å². The average molecular weight is 727 g/mol. The van der Waals surface area contributed by atoms with Crippen molar-refractivity contribution in [3.05, 3.63) is 76.0 Å². The summed E-state index contributed by atoms with van der Waals surface area (Å²) in [4.78, 5) is 58.6. The monoisotopic (exact) mass is 726 g/mol. The van der Waals surface area contributed by atoms with Gasteiger partial charge in [-0.25, -0.2) is 33.1 Å². The van der Waals surface area contributed by atoms with Crippen LogP contribution in [0.1, 0.15) is 50.6 Å². The number of carbonyl (C=O) groups excluding carboxylic acids is 3. The fraction of sp³-hybridized carbons (Fsp3) is 0.394. The Hall–Kier alpha value is -4.54. The van der Waals surface area contributed by atoms with Crippen LogP contribution in [-0.2, 0) is 16.1 Å². The summed E-state index contributed by atoms with van der Waals surface area (Å²) in [5.41, 5.74) is -0.989. The molecule has 0 bridgehead atoms. The fourth-order valence-corrected chi connectivity index (χ4v) is 6.57. The van der Waals surface area contributed by atoms with Gasteiger partial charge in [-0.05, 0) is 31.4 Å². The Kier molecular flexibility index (Phi) is 9.88. The van der Waals surface area contributed by atoms with Crippen LogP contribution in [0.4, 0.5) is 24.8 Å². The summed E-state index contributed by atoms with van der Waals surface area (Å²) in [5.74, 6) is -1.15. The standard InChI is InChI=1S/C33H34ClF3N8O4Si/c1-18-20(10-39-33(41-18)44-14-19-9-23(19)31(44)47)13-43-15-21(11-40-43)45(17-49-7-8-50(2,3)4)32(48)29-26(16-46)38-12-25(42-29)27-22(30(36)37)5-6-24(34)28(27)35/h5-6,10-12,15-16,19,23,30H,7-9,13-14,17H2,1-4H3/t19-,23-/m1/s1. The molecule has 4 aromatic rings. The lowest BCUT2D eigenvalue weighted by Gasteiger charge is -2.23. The predicted molar refractivity (Wildman–Crippen MR) is 181 cm³/mol. The zero-order chi connectivity index (χ0) is 35.9. The normalized spacial score (nSPS) is 17.0. The molecular formula is C33H34ClF3N8O4Si.